The summed E-state index contributed by atoms with van der Waals surface area (Å²) in [5.74, 6) is -3.44. The summed E-state index contributed by atoms with van der Waals surface area (Å²) < 4.78 is 53.5. The van der Waals surface area contributed by atoms with Crippen molar-refractivity contribution < 1.29 is 26.4 Å². The molecule has 0 bridgehead atoms. The van der Waals surface area contributed by atoms with E-state index < -0.39 is 26.4 Å². The van der Waals surface area contributed by atoms with Crippen LogP contribution in [-0.4, -0.2) is 20.1 Å². The zero-order valence-corrected chi connectivity index (χ0v) is 12.1. The summed E-state index contributed by atoms with van der Waals surface area (Å²) in [5, 5.41) is 2.34. The fourth-order valence-corrected chi connectivity index (χ4v) is 2.70. The summed E-state index contributed by atoms with van der Waals surface area (Å²) in [5.41, 5.74) is -0.160. The predicted molar refractivity (Wildman–Crippen MR) is 75.3 cm³/mol. The van der Waals surface area contributed by atoms with Gasteiger partial charge in [0.2, 0.25) is 15.7 Å². The van der Waals surface area contributed by atoms with Gasteiger partial charge in [0.1, 0.15) is 5.76 Å². The van der Waals surface area contributed by atoms with Crippen LogP contribution in [0.5, 0.6) is 0 Å². The van der Waals surface area contributed by atoms with Gasteiger partial charge in [-0.2, -0.15) is 8.78 Å². The summed E-state index contributed by atoms with van der Waals surface area (Å²) in [7, 11) is -4.78. The van der Waals surface area contributed by atoms with Gasteiger partial charge in [0.15, 0.2) is 0 Å². The Morgan fingerprint density at radius 1 is 1.18 bits per heavy atom. The molecule has 2 aromatic rings. The van der Waals surface area contributed by atoms with Crippen LogP contribution in [-0.2, 0) is 21.1 Å². The van der Waals surface area contributed by atoms with Crippen molar-refractivity contribution in [2.24, 2.45) is 0 Å². The maximum atomic E-state index is 12.6. The maximum Gasteiger partial charge on any atom is 0.341 e. The standard InChI is InChI=1S/C14H13F2NO4S/c15-14(16)22(19,20)12-6-2-1-5-11(12)17-13(18)8-7-10-4-3-9-21-10/h1-6,9,14H,7-8H2,(H,17,18). The van der Waals surface area contributed by atoms with E-state index in [2.05, 4.69) is 5.32 Å². The van der Waals surface area contributed by atoms with Crippen molar-refractivity contribution in [3.05, 3.63) is 48.4 Å². The molecule has 0 aliphatic heterocycles. The molecule has 0 aliphatic rings. The molecular weight excluding hydrogens is 316 g/mol. The molecule has 22 heavy (non-hydrogen) atoms. The molecule has 5 nitrogen and oxygen atoms in total. The third-order valence-electron chi connectivity index (χ3n) is 2.88. The van der Waals surface area contributed by atoms with Crippen LogP contribution in [0.2, 0.25) is 0 Å². The molecule has 1 N–H and O–H groups in total. The van der Waals surface area contributed by atoms with Gasteiger partial charge < -0.3 is 9.73 Å². The monoisotopic (exact) mass is 329 g/mol. The fourth-order valence-electron chi connectivity index (χ4n) is 1.82. The third-order valence-corrected chi connectivity index (χ3v) is 4.32. The van der Waals surface area contributed by atoms with Gasteiger partial charge in [-0.3, -0.25) is 4.79 Å². The Morgan fingerprint density at radius 3 is 2.55 bits per heavy atom. The Labute approximate surface area is 125 Å². The molecule has 1 aromatic heterocycles. The smallest absolute Gasteiger partial charge is 0.341 e. The highest BCUT2D eigenvalue weighted by Gasteiger charge is 2.29. The predicted octanol–water partition coefficient (Wildman–Crippen LogP) is 2.85. The van der Waals surface area contributed by atoms with E-state index in [0.717, 1.165) is 6.07 Å². The Balaban J connectivity index is 2.11. The minimum Gasteiger partial charge on any atom is -0.469 e. The first kappa shape index (κ1) is 16.2. The van der Waals surface area contributed by atoms with E-state index in [-0.39, 0.29) is 12.1 Å². The van der Waals surface area contributed by atoms with Crippen molar-refractivity contribution in [3.63, 3.8) is 0 Å². The lowest BCUT2D eigenvalue weighted by Gasteiger charge is -2.11. The Morgan fingerprint density at radius 2 is 1.91 bits per heavy atom. The molecule has 118 valence electrons. The third kappa shape index (κ3) is 3.70. The van der Waals surface area contributed by atoms with Crippen LogP contribution in [0.25, 0.3) is 0 Å². The number of furan rings is 1. The average molecular weight is 329 g/mol. The first-order valence-corrected chi connectivity index (χ1v) is 7.89. The van der Waals surface area contributed by atoms with E-state index in [1.165, 1.54) is 24.5 Å². The molecule has 8 heteroatoms. The summed E-state index contributed by atoms with van der Waals surface area (Å²) in [6.07, 6.45) is 1.83. The average Bonchev–Trinajstić information content (AvgIpc) is 2.98. The van der Waals surface area contributed by atoms with Crippen molar-refractivity contribution in [1.82, 2.24) is 0 Å². The van der Waals surface area contributed by atoms with Crippen molar-refractivity contribution in [2.45, 2.75) is 23.5 Å². The van der Waals surface area contributed by atoms with E-state index in [4.69, 9.17) is 4.42 Å². The fraction of sp³-hybridized carbons (Fsp3) is 0.214. The first-order chi connectivity index (χ1) is 10.4. The van der Waals surface area contributed by atoms with Gasteiger partial charge in [-0.25, -0.2) is 8.42 Å². The van der Waals surface area contributed by atoms with Crippen molar-refractivity contribution in [3.8, 4) is 0 Å². The number of sulfone groups is 1. The van der Waals surface area contributed by atoms with Crippen LogP contribution in [0.3, 0.4) is 0 Å². The number of alkyl halides is 2. The molecule has 0 atom stereocenters. The van der Waals surface area contributed by atoms with Crippen molar-refractivity contribution in [1.29, 1.82) is 0 Å². The number of hydrogen-bond donors (Lipinski definition) is 1. The molecule has 0 radical (unpaired) electrons. The van der Waals surface area contributed by atoms with Gasteiger partial charge in [-0.05, 0) is 24.3 Å². The number of rotatable bonds is 6. The van der Waals surface area contributed by atoms with Gasteiger partial charge in [-0.15, -0.1) is 0 Å². The summed E-state index contributed by atoms with van der Waals surface area (Å²) >= 11 is 0. The number of anilines is 1. The molecule has 1 amide bonds. The SMILES string of the molecule is O=C(CCc1ccco1)Nc1ccccc1S(=O)(=O)C(F)F. The summed E-state index contributed by atoms with van der Waals surface area (Å²) in [6, 6.07) is 8.43. The molecule has 0 aliphatic carbocycles. The number of halogens is 2. The normalized spacial score (nSPS) is 11.6. The van der Waals surface area contributed by atoms with Gasteiger partial charge in [0.25, 0.3) is 0 Å². The van der Waals surface area contributed by atoms with Crippen LogP contribution >= 0.6 is 0 Å². The topological polar surface area (TPSA) is 76.4 Å². The number of para-hydroxylation sites is 1. The number of amides is 1. The van der Waals surface area contributed by atoms with Gasteiger partial charge >= 0.3 is 5.76 Å². The molecule has 2 rings (SSSR count). The van der Waals surface area contributed by atoms with Crippen molar-refractivity contribution in [2.75, 3.05) is 5.32 Å². The Bertz CT molecular complexity index is 742. The van der Waals surface area contributed by atoms with E-state index in [9.17, 15) is 22.0 Å². The number of benzene rings is 1. The second-order valence-electron chi connectivity index (χ2n) is 4.43. The Hall–Kier alpha value is -2.22. The molecule has 0 saturated carbocycles. The number of carbonyl (C=O) groups is 1. The van der Waals surface area contributed by atoms with Gasteiger partial charge in [0.05, 0.1) is 16.8 Å². The second kappa shape index (κ2) is 6.69. The lowest BCUT2D eigenvalue weighted by Crippen LogP contribution is -2.18. The zero-order valence-electron chi connectivity index (χ0n) is 11.3. The van der Waals surface area contributed by atoms with Crippen LogP contribution in [0.4, 0.5) is 14.5 Å². The van der Waals surface area contributed by atoms with Crippen LogP contribution in [0.15, 0.2) is 52.0 Å². The minimum atomic E-state index is -4.78. The van der Waals surface area contributed by atoms with E-state index in [1.54, 1.807) is 12.1 Å². The highest BCUT2D eigenvalue weighted by Crippen LogP contribution is 2.26. The molecule has 1 heterocycles. The highest BCUT2D eigenvalue weighted by molar-refractivity contribution is 7.91. The Kier molecular flexibility index (Phi) is 4.92. The number of nitrogens with one attached hydrogen (secondary N) is 1. The first-order valence-electron chi connectivity index (χ1n) is 6.34. The highest BCUT2D eigenvalue weighted by atomic mass is 32.2. The largest absolute Gasteiger partial charge is 0.469 e. The molecule has 0 spiro atoms. The van der Waals surface area contributed by atoms with Crippen molar-refractivity contribution >= 4 is 21.4 Å². The quantitative estimate of drug-likeness (QED) is 0.884. The molecule has 0 fully saturated rings. The molecule has 1 aromatic carbocycles. The van der Waals surface area contributed by atoms with Gasteiger partial charge in [-0.1, -0.05) is 12.1 Å². The lowest BCUT2D eigenvalue weighted by atomic mass is 10.2. The van der Waals surface area contributed by atoms with E-state index >= 15 is 0 Å². The molecular formula is C14H13F2NO4S. The number of hydrogen-bond acceptors (Lipinski definition) is 4. The summed E-state index contributed by atoms with van der Waals surface area (Å²) in [4.78, 5) is 11.2. The zero-order chi connectivity index (χ0) is 16.2. The van der Waals surface area contributed by atoms with E-state index in [0.29, 0.717) is 12.2 Å². The number of aryl methyl sites for hydroxylation is 1. The van der Waals surface area contributed by atoms with Crippen LogP contribution in [0.1, 0.15) is 12.2 Å². The summed E-state index contributed by atoms with van der Waals surface area (Å²) in [6.45, 7) is 0. The van der Waals surface area contributed by atoms with Gasteiger partial charge in [0, 0.05) is 12.8 Å². The number of carbonyl (C=O) groups excluding carboxylic acids is 1. The molecule has 0 unspecified atom stereocenters. The van der Waals surface area contributed by atoms with Crippen LogP contribution in [0, 0.1) is 0 Å². The minimum absolute atomic E-state index is 0.0383. The van der Waals surface area contributed by atoms with Crippen LogP contribution < -0.4 is 5.32 Å². The lowest BCUT2D eigenvalue weighted by molar-refractivity contribution is -0.116. The maximum absolute atomic E-state index is 12.6. The molecule has 0 saturated heterocycles. The second-order valence-corrected chi connectivity index (χ2v) is 6.32. The van der Waals surface area contributed by atoms with E-state index in [1.807, 2.05) is 0 Å².